The smallest absolute Gasteiger partial charge is 0.247 e. The van der Waals surface area contributed by atoms with E-state index in [2.05, 4.69) is 6.07 Å². The number of hydrogen-bond donors (Lipinski definition) is 0. The molecule has 1 amide bonds. The van der Waals surface area contributed by atoms with Crippen LogP contribution in [0.4, 0.5) is 0 Å². The Morgan fingerprint density at radius 3 is 2.76 bits per heavy atom. The van der Waals surface area contributed by atoms with E-state index in [1.165, 1.54) is 5.06 Å². The van der Waals surface area contributed by atoms with E-state index in [4.69, 9.17) is 10.1 Å². The van der Waals surface area contributed by atoms with Gasteiger partial charge in [-0.15, -0.1) is 0 Å². The molecule has 0 aromatic heterocycles. The van der Waals surface area contributed by atoms with Crippen LogP contribution in [0.2, 0.25) is 0 Å². The van der Waals surface area contributed by atoms with Crippen molar-refractivity contribution in [2.24, 2.45) is 5.92 Å². The van der Waals surface area contributed by atoms with Gasteiger partial charge >= 0.3 is 0 Å². The van der Waals surface area contributed by atoms with Crippen LogP contribution in [0.25, 0.3) is 0 Å². The maximum Gasteiger partial charge on any atom is 0.247 e. The molecule has 1 aromatic carbocycles. The first kappa shape index (κ1) is 11.6. The van der Waals surface area contributed by atoms with Gasteiger partial charge in [0.1, 0.15) is 6.61 Å². The number of amides is 1. The van der Waals surface area contributed by atoms with E-state index in [1.54, 1.807) is 0 Å². The predicted molar refractivity (Wildman–Crippen MR) is 61.3 cm³/mol. The van der Waals surface area contributed by atoms with Crippen molar-refractivity contribution in [2.45, 2.75) is 26.0 Å². The van der Waals surface area contributed by atoms with E-state index >= 15 is 0 Å². The second-order valence-electron chi connectivity index (χ2n) is 4.16. The molecule has 1 fully saturated rings. The highest BCUT2D eigenvalue weighted by Gasteiger charge is 2.38. The minimum absolute atomic E-state index is 0.111. The minimum Gasteiger partial charge on any atom is -0.273 e. The van der Waals surface area contributed by atoms with Crippen molar-refractivity contribution in [2.75, 3.05) is 0 Å². The van der Waals surface area contributed by atoms with Crippen LogP contribution in [0.3, 0.4) is 0 Å². The van der Waals surface area contributed by atoms with Gasteiger partial charge in [0.25, 0.3) is 0 Å². The molecule has 0 spiro atoms. The first-order valence-electron chi connectivity index (χ1n) is 5.61. The van der Waals surface area contributed by atoms with Crippen molar-refractivity contribution < 1.29 is 9.63 Å². The van der Waals surface area contributed by atoms with E-state index in [-0.39, 0.29) is 24.3 Å². The zero-order valence-corrected chi connectivity index (χ0v) is 9.67. The molecule has 0 bridgehead atoms. The molecular formula is C13H14N2O2. The van der Waals surface area contributed by atoms with Crippen LogP contribution >= 0.6 is 0 Å². The number of rotatable bonds is 3. The van der Waals surface area contributed by atoms with Crippen molar-refractivity contribution in [3.05, 3.63) is 35.9 Å². The molecule has 88 valence electrons. The highest BCUT2D eigenvalue weighted by Crippen LogP contribution is 2.25. The summed E-state index contributed by atoms with van der Waals surface area (Å²) in [6.45, 7) is 2.19. The molecule has 1 saturated heterocycles. The van der Waals surface area contributed by atoms with E-state index in [0.717, 1.165) is 5.56 Å². The number of nitriles is 1. The highest BCUT2D eigenvalue weighted by molar-refractivity contribution is 5.78. The van der Waals surface area contributed by atoms with Crippen molar-refractivity contribution in [3.8, 4) is 6.07 Å². The number of benzene rings is 1. The molecule has 0 saturated carbocycles. The third-order valence-corrected chi connectivity index (χ3v) is 2.97. The minimum atomic E-state index is -0.265. The first-order valence-corrected chi connectivity index (χ1v) is 5.61. The van der Waals surface area contributed by atoms with Crippen LogP contribution in [0, 0.1) is 17.2 Å². The monoisotopic (exact) mass is 230 g/mol. The van der Waals surface area contributed by atoms with Gasteiger partial charge in [0.05, 0.1) is 18.0 Å². The van der Waals surface area contributed by atoms with E-state index in [9.17, 15) is 4.79 Å². The Labute approximate surface area is 100 Å². The second-order valence-corrected chi connectivity index (χ2v) is 4.16. The molecule has 17 heavy (non-hydrogen) atoms. The van der Waals surface area contributed by atoms with Crippen molar-refractivity contribution in [1.29, 1.82) is 5.26 Å². The molecule has 1 heterocycles. The largest absolute Gasteiger partial charge is 0.273 e. The third kappa shape index (κ3) is 2.45. The van der Waals surface area contributed by atoms with Crippen LogP contribution in [0.1, 0.15) is 18.9 Å². The van der Waals surface area contributed by atoms with Crippen LogP contribution in [-0.2, 0) is 16.2 Å². The summed E-state index contributed by atoms with van der Waals surface area (Å²) in [6, 6.07) is 11.6. The molecule has 1 aromatic rings. The maximum absolute atomic E-state index is 11.6. The van der Waals surface area contributed by atoms with Gasteiger partial charge in [0, 0.05) is 6.42 Å². The van der Waals surface area contributed by atoms with Gasteiger partial charge in [0.2, 0.25) is 5.91 Å². The summed E-state index contributed by atoms with van der Waals surface area (Å²) in [4.78, 5) is 17.1. The van der Waals surface area contributed by atoms with Gasteiger partial charge in [-0.05, 0) is 12.5 Å². The summed E-state index contributed by atoms with van der Waals surface area (Å²) in [5.74, 6) is -0.377. The lowest BCUT2D eigenvalue weighted by Crippen LogP contribution is -2.32. The lowest BCUT2D eigenvalue weighted by atomic mass is 10.0. The Kier molecular flexibility index (Phi) is 3.40. The zero-order valence-electron chi connectivity index (χ0n) is 9.67. The van der Waals surface area contributed by atoms with Gasteiger partial charge in [-0.1, -0.05) is 30.3 Å². The Hall–Kier alpha value is -1.86. The molecule has 1 aliphatic heterocycles. The second kappa shape index (κ2) is 4.98. The van der Waals surface area contributed by atoms with Crippen molar-refractivity contribution >= 4 is 5.91 Å². The summed E-state index contributed by atoms with van der Waals surface area (Å²) in [6.07, 6.45) is 0.256. The highest BCUT2D eigenvalue weighted by atomic mass is 16.7. The third-order valence-electron chi connectivity index (χ3n) is 2.97. The molecular weight excluding hydrogens is 216 g/mol. The fraction of sp³-hybridized carbons (Fsp3) is 0.385. The Morgan fingerprint density at radius 2 is 2.18 bits per heavy atom. The topological polar surface area (TPSA) is 53.3 Å². The molecule has 2 unspecified atom stereocenters. The summed E-state index contributed by atoms with van der Waals surface area (Å²) >= 11 is 0. The summed E-state index contributed by atoms with van der Waals surface area (Å²) in [7, 11) is 0. The fourth-order valence-electron chi connectivity index (χ4n) is 1.90. The lowest BCUT2D eigenvalue weighted by Gasteiger charge is -2.21. The van der Waals surface area contributed by atoms with Crippen LogP contribution in [0.5, 0.6) is 0 Å². The molecule has 2 rings (SSSR count). The average Bonchev–Trinajstić information content (AvgIpc) is 2.63. The summed E-state index contributed by atoms with van der Waals surface area (Å²) in [5, 5.41) is 10.2. The van der Waals surface area contributed by atoms with Gasteiger partial charge < -0.3 is 0 Å². The van der Waals surface area contributed by atoms with Gasteiger partial charge in [-0.2, -0.15) is 5.26 Å². The van der Waals surface area contributed by atoms with Crippen LogP contribution in [-0.4, -0.2) is 17.0 Å². The van der Waals surface area contributed by atoms with Gasteiger partial charge in [-0.25, -0.2) is 5.06 Å². The van der Waals surface area contributed by atoms with Crippen molar-refractivity contribution in [3.63, 3.8) is 0 Å². The van der Waals surface area contributed by atoms with Gasteiger partial charge in [-0.3, -0.25) is 9.63 Å². The van der Waals surface area contributed by atoms with Gasteiger partial charge in [0.15, 0.2) is 0 Å². The summed E-state index contributed by atoms with van der Waals surface area (Å²) < 4.78 is 0. The van der Waals surface area contributed by atoms with E-state index in [0.29, 0.717) is 6.61 Å². The Balaban J connectivity index is 1.96. The van der Waals surface area contributed by atoms with E-state index in [1.807, 2.05) is 37.3 Å². The molecule has 0 aliphatic carbocycles. The number of nitrogens with zero attached hydrogens (tertiary/aromatic N) is 2. The maximum atomic E-state index is 11.6. The number of hydroxylamine groups is 2. The molecule has 0 N–H and O–H groups in total. The SMILES string of the molecule is CC1C(C#N)CC(=O)N1OCc1ccccc1. The number of hydrogen-bond acceptors (Lipinski definition) is 3. The number of carbonyl (C=O) groups excluding carboxylic acids is 1. The lowest BCUT2D eigenvalue weighted by molar-refractivity contribution is -0.193. The zero-order chi connectivity index (χ0) is 12.3. The number of carbonyl (C=O) groups is 1. The standard InChI is InChI=1S/C13H14N2O2/c1-10-12(8-14)7-13(16)15(10)17-9-11-5-3-2-4-6-11/h2-6,10,12H,7,9H2,1H3. The molecule has 1 aliphatic rings. The quantitative estimate of drug-likeness (QED) is 0.796. The van der Waals surface area contributed by atoms with Crippen LogP contribution in [0.15, 0.2) is 30.3 Å². The summed E-state index contributed by atoms with van der Waals surface area (Å²) in [5.41, 5.74) is 1.01. The average molecular weight is 230 g/mol. The predicted octanol–water partition coefficient (Wildman–Crippen LogP) is 1.88. The molecule has 0 radical (unpaired) electrons. The first-order chi connectivity index (χ1) is 8.22. The molecule has 2 atom stereocenters. The van der Waals surface area contributed by atoms with E-state index < -0.39 is 0 Å². The Bertz CT molecular complexity index is 438. The molecule has 4 heteroatoms. The fourth-order valence-corrected chi connectivity index (χ4v) is 1.90. The normalized spacial score (nSPS) is 23.8. The Morgan fingerprint density at radius 1 is 1.47 bits per heavy atom. The molecule has 4 nitrogen and oxygen atoms in total. The van der Waals surface area contributed by atoms with Crippen molar-refractivity contribution in [1.82, 2.24) is 5.06 Å². The van der Waals surface area contributed by atoms with Crippen LogP contribution < -0.4 is 0 Å².